The molecule has 0 fully saturated rings. The highest BCUT2D eigenvalue weighted by Crippen LogP contribution is 2.37. The fourth-order valence-corrected chi connectivity index (χ4v) is 3.78. The lowest BCUT2D eigenvalue weighted by atomic mass is 10.0. The van der Waals surface area contributed by atoms with Crippen molar-refractivity contribution in [2.75, 3.05) is 32.8 Å². The van der Waals surface area contributed by atoms with E-state index in [9.17, 15) is 19.1 Å². The van der Waals surface area contributed by atoms with Crippen LogP contribution in [0.3, 0.4) is 0 Å². The van der Waals surface area contributed by atoms with Gasteiger partial charge in [0.25, 0.3) is 0 Å². The summed E-state index contributed by atoms with van der Waals surface area (Å²) in [6.07, 6.45) is 6.75. The smallest absolute Gasteiger partial charge is 0.462 e. The van der Waals surface area contributed by atoms with Crippen molar-refractivity contribution in [3.63, 3.8) is 0 Å². The number of hydrogen-bond donors (Lipinski definition) is 2. The third-order valence-corrected chi connectivity index (χ3v) is 5.60. The Kier molecular flexibility index (Phi) is 13.9. The second-order valence-electron chi connectivity index (χ2n) is 7.60. The van der Waals surface area contributed by atoms with Gasteiger partial charge in [0.1, 0.15) is 12.6 Å². The number of esters is 1. The molecule has 0 aromatic heterocycles. The lowest BCUT2D eigenvalue weighted by Crippen LogP contribution is -2.59. The van der Waals surface area contributed by atoms with E-state index in [-0.39, 0.29) is 19.3 Å². The van der Waals surface area contributed by atoms with E-state index in [1.807, 2.05) is 0 Å². The molecule has 8 heteroatoms. The van der Waals surface area contributed by atoms with Crippen molar-refractivity contribution in [3.8, 4) is 0 Å². The van der Waals surface area contributed by atoms with E-state index in [1.165, 1.54) is 0 Å². The van der Waals surface area contributed by atoms with Crippen molar-refractivity contribution in [2.45, 2.75) is 78.7 Å². The first-order valence-electron chi connectivity index (χ1n) is 10.5. The number of carbonyl (C=O) groups is 1. The van der Waals surface area contributed by atoms with Gasteiger partial charge in [-0.2, -0.15) is 0 Å². The fourth-order valence-electron chi connectivity index (χ4n) is 3.41. The van der Waals surface area contributed by atoms with Crippen molar-refractivity contribution in [1.29, 1.82) is 0 Å². The molecule has 0 saturated carbocycles. The third-order valence-electron chi connectivity index (χ3n) is 5.11. The number of rotatable bonds is 17. The quantitative estimate of drug-likeness (QED) is 0.158. The van der Waals surface area contributed by atoms with Crippen LogP contribution in [0.4, 0.5) is 0 Å². The zero-order chi connectivity index (χ0) is 21.6. The molecule has 0 heterocycles. The molecule has 0 aromatic rings. The summed E-state index contributed by atoms with van der Waals surface area (Å²) in [4.78, 5) is 30.2. The molecule has 0 bridgehead atoms. The van der Waals surface area contributed by atoms with Crippen LogP contribution in [0.5, 0.6) is 0 Å². The van der Waals surface area contributed by atoms with Crippen LogP contribution < -0.4 is 0 Å². The Hall–Kier alpha value is -0.720. The zero-order valence-corrected chi connectivity index (χ0v) is 19.1. The van der Waals surface area contributed by atoms with Gasteiger partial charge in [0.2, 0.25) is 0 Å². The Morgan fingerprint density at radius 1 is 1.04 bits per heavy atom. The lowest BCUT2D eigenvalue weighted by molar-refractivity contribution is -0.952. The minimum atomic E-state index is -4.57. The van der Waals surface area contributed by atoms with Crippen LogP contribution >= 0.6 is 7.82 Å². The van der Waals surface area contributed by atoms with Crippen LogP contribution in [0.15, 0.2) is 12.2 Å². The van der Waals surface area contributed by atoms with E-state index in [0.29, 0.717) is 12.0 Å². The first-order valence-corrected chi connectivity index (χ1v) is 12.0. The summed E-state index contributed by atoms with van der Waals surface area (Å²) in [5, 5.41) is 0. The summed E-state index contributed by atoms with van der Waals surface area (Å²) in [6, 6.07) is -0.143. The average Bonchev–Trinajstić information content (AvgIpc) is 2.63. The molecule has 1 unspecified atom stereocenters. The van der Waals surface area contributed by atoms with Gasteiger partial charge in [0.05, 0.1) is 26.2 Å². The predicted molar refractivity (Wildman–Crippen MR) is 112 cm³/mol. The molecule has 0 saturated heterocycles. The van der Waals surface area contributed by atoms with Crippen LogP contribution in [0.1, 0.15) is 72.6 Å². The summed E-state index contributed by atoms with van der Waals surface area (Å²) >= 11 is 0. The van der Waals surface area contributed by atoms with Crippen molar-refractivity contribution < 1.29 is 32.9 Å². The fraction of sp³-hybridized carbons (Fsp3) is 0.850. The Bertz CT molecular complexity index is 483. The maximum absolute atomic E-state index is 11.7. The van der Waals surface area contributed by atoms with Crippen molar-refractivity contribution in [2.24, 2.45) is 0 Å². The maximum atomic E-state index is 11.7. The Balaban J connectivity index is 5.54. The highest BCUT2D eigenvalue weighted by Gasteiger charge is 2.37. The van der Waals surface area contributed by atoms with E-state index in [0.717, 1.165) is 62.6 Å². The number of nitrogens with zero attached hydrogens (tertiary/aromatic N) is 1. The molecule has 0 aliphatic heterocycles. The highest BCUT2D eigenvalue weighted by molar-refractivity contribution is 7.46. The molecule has 2 N–H and O–H groups in total. The Labute approximate surface area is 170 Å². The van der Waals surface area contributed by atoms with Gasteiger partial charge in [-0.15, -0.1) is 0 Å². The van der Waals surface area contributed by atoms with Crippen LogP contribution in [0, 0.1) is 0 Å². The third kappa shape index (κ3) is 11.3. The first kappa shape index (κ1) is 27.3. The van der Waals surface area contributed by atoms with E-state index in [2.05, 4.69) is 27.4 Å². The molecular weight excluding hydrogens is 381 g/mol. The van der Waals surface area contributed by atoms with Gasteiger partial charge in [-0.3, -0.25) is 4.52 Å². The average molecular weight is 423 g/mol. The number of ether oxygens (including phenoxy) is 1. The summed E-state index contributed by atoms with van der Waals surface area (Å²) in [7, 11) is -4.57. The molecule has 0 rings (SSSR count). The normalized spacial score (nSPS) is 13.4. The van der Waals surface area contributed by atoms with Gasteiger partial charge >= 0.3 is 13.8 Å². The van der Waals surface area contributed by atoms with E-state index >= 15 is 0 Å². The standard InChI is InChI=1S/C20H40NO6P/c1-6-9-13-21(14-10-7-2,15-11-8-3)19(17-27-28(23,24)25)12-16-26-20(22)18(4)5/h19H,4,6-17H2,1-3,5H3,(H-,23,24,25)/p+1. The second-order valence-corrected chi connectivity index (χ2v) is 8.83. The van der Waals surface area contributed by atoms with Gasteiger partial charge in [-0.05, 0) is 26.2 Å². The molecule has 7 nitrogen and oxygen atoms in total. The van der Waals surface area contributed by atoms with Crippen LogP contribution in [-0.4, -0.2) is 59.1 Å². The summed E-state index contributed by atoms with van der Waals surface area (Å²) in [5.74, 6) is -0.441. The van der Waals surface area contributed by atoms with Crippen molar-refractivity contribution >= 4 is 13.8 Å². The SMILES string of the molecule is C=C(C)C(=O)OCCC(COP(=O)(O)O)[N+](CCCC)(CCCC)CCCC. The van der Waals surface area contributed by atoms with Crippen LogP contribution in [0.2, 0.25) is 0 Å². The zero-order valence-electron chi connectivity index (χ0n) is 18.2. The molecule has 0 spiro atoms. The van der Waals surface area contributed by atoms with Gasteiger partial charge in [0.15, 0.2) is 0 Å². The molecule has 28 heavy (non-hydrogen) atoms. The largest absolute Gasteiger partial charge is 0.469 e. The van der Waals surface area contributed by atoms with Gasteiger partial charge < -0.3 is 19.0 Å². The minimum absolute atomic E-state index is 0.0496. The Morgan fingerprint density at radius 3 is 1.86 bits per heavy atom. The number of phosphoric acid groups is 1. The summed E-state index contributed by atoms with van der Waals surface area (Å²) < 4.78 is 22.3. The van der Waals surface area contributed by atoms with Gasteiger partial charge in [0, 0.05) is 12.0 Å². The number of quaternary nitrogens is 1. The molecule has 1 atom stereocenters. The molecular formula is C20H41NO6P+. The molecule has 166 valence electrons. The molecule has 0 amide bonds. The summed E-state index contributed by atoms with van der Waals surface area (Å²) in [5.41, 5.74) is 0.340. The number of hydrogen-bond acceptors (Lipinski definition) is 4. The minimum Gasteiger partial charge on any atom is -0.462 e. The lowest BCUT2D eigenvalue weighted by Gasteiger charge is -2.45. The number of carbonyl (C=O) groups excluding carboxylic acids is 1. The summed E-state index contributed by atoms with van der Waals surface area (Å²) in [6.45, 7) is 14.5. The molecule has 0 radical (unpaired) electrons. The van der Waals surface area contributed by atoms with Crippen LogP contribution in [-0.2, 0) is 18.6 Å². The number of unbranched alkanes of at least 4 members (excludes halogenated alkanes) is 3. The second kappa shape index (κ2) is 14.3. The van der Waals surface area contributed by atoms with E-state index in [4.69, 9.17) is 9.26 Å². The molecule has 0 aromatic carbocycles. The van der Waals surface area contributed by atoms with Gasteiger partial charge in [-0.25, -0.2) is 9.36 Å². The van der Waals surface area contributed by atoms with Crippen molar-refractivity contribution in [3.05, 3.63) is 12.2 Å². The maximum Gasteiger partial charge on any atom is 0.469 e. The first-order chi connectivity index (χ1) is 13.1. The van der Waals surface area contributed by atoms with E-state index < -0.39 is 13.8 Å². The predicted octanol–water partition coefficient (Wildman–Crippen LogP) is 4.19. The van der Waals surface area contributed by atoms with Gasteiger partial charge in [-0.1, -0.05) is 46.6 Å². The van der Waals surface area contributed by atoms with E-state index in [1.54, 1.807) is 6.92 Å². The monoisotopic (exact) mass is 422 g/mol. The topological polar surface area (TPSA) is 93.1 Å². The Morgan fingerprint density at radius 2 is 1.50 bits per heavy atom. The highest BCUT2D eigenvalue weighted by atomic mass is 31.2. The molecule has 0 aliphatic rings. The van der Waals surface area contributed by atoms with Crippen molar-refractivity contribution in [1.82, 2.24) is 0 Å². The van der Waals surface area contributed by atoms with Crippen LogP contribution in [0.25, 0.3) is 0 Å². The molecule has 0 aliphatic carbocycles. The number of phosphoric ester groups is 1.